The van der Waals surface area contributed by atoms with Gasteiger partial charge in [0.25, 0.3) is 11.8 Å². The summed E-state index contributed by atoms with van der Waals surface area (Å²) < 4.78 is 10.4. The molecule has 1 aromatic heterocycles. The number of aromatic nitrogens is 2. The second kappa shape index (κ2) is 10.7. The van der Waals surface area contributed by atoms with Gasteiger partial charge in [-0.25, -0.2) is 9.97 Å². The molecular formula is C27H24N6O6. The molecule has 0 spiro atoms. The number of hydrogen-bond donors (Lipinski definition) is 2. The van der Waals surface area contributed by atoms with Crippen molar-refractivity contribution in [3.05, 3.63) is 82.2 Å². The molecule has 4 aromatic rings. The third-order valence-electron chi connectivity index (χ3n) is 6.37. The Morgan fingerprint density at radius 2 is 1.87 bits per heavy atom. The molecule has 3 N–H and O–H groups in total. The number of amides is 2. The molecule has 0 aliphatic carbocycles. The third-order valence-corrected chi connectivity index (χ3v) is 6.37. The van der Waals surface area contributed by atoms with Crippen LogP contribution in [0.15, 0.2) is 60.9 Å². The van der Waals surface area contributed by atoms with E-state index in [0.717, 1.165) is 0 Å². The molecular weight excluding hydrogens is 504 g/mol. The van der Waals surface area contributed by atoms with E-state index < -0.39 is 10.8 Å². The minimum absolute atomic E-state index is 0.0804. The number of nitrogens with one attached hydrogen (secondary N) is 1. The van der Waals surface area contributed by atoms with Gasteiger partial charge in [-0.3, -0.25) is 19.7 Å². The lowest BCUT2D eigenvalue weighted by Gasteiger charge is -2.27. The van der Waals surface area contributed by atoms with Gasteiger partial charge >= 0.3 is 5.69 Å². The highest BCUT2D eigenvalue weighted by atomic mass is 16.6. The molecule has 2 heterocycles. The summed E-state index contributed by atoms with van der Waals surface area (Å²) in [6.45, 7) is 2.10. The van der Waals surface area contributed by atoms with Crippen LogP contribution in [-0.4, -0.2) is 65.0 Å². The number of carbonyl (C=O) groups is 2. The summed E-state index contributed by atoms with van der Waals surface area (Å²) in [7, 11) is 1.24. The molecule has 1 aliphatic rings. The first-order valence-corrected chi connectivity index (χ1v) is 12.0. The number of carbonyl (C=O) groups excluding carboxylic acids is 2. The van der Waals surface area contributed by atoms with E-state index in [1.54, 1.807) is 41.3 Å². The number of anilines is 2. The number of benzene rings is 3. The lowest BCUT2D eigenvalue weighted by Crippen LogP contribution is -2.40. The monoisotopic (exact) mass is 528 g/mol. The van der Waals surface area contributed by atoms with Crippen LogP contribution in [0.2, 0.25) is 0 Å². The number of ether oxygens (including phenoxy) is 2. The Balaban J connectivity index is 1.52. The van der Waals surface area contributed by atoms with Crippen molar-refractivity contribution in [1.82, 2.24) is 14.9 Å². The molecule has 12 heteroatoms. The highest BCUT2D eigenvalue weighted by Crippen LogP contribution is 2.37. The zero-order chi connectivity index (χ0) is 27.5. The number of methoxy groups -OCH3 is 1. The molecule has 198 valence electrons. The van der Waals surface area contributed by atoms with E-state index in [-0.39, 0.29) is 22.9 Å². The molecule has 0 atom stereocenters. The lowest BCUT2D eigenvalue weighted by molar-refractivity contribution is -0.385. The van der Waals surface area contributed by atoms with Crippen molar-refractivity contribution in [3.63, 3.8) is 0 Å². The molecule has 39 heavy (non-hydrogen) atoms. The predicted octanol–water partition coefficient (Wildman–Crippen LogP) is 3.53. The van der Waals surface area contributed by atoms with E-state index in [2.05, 4.69) is 15.3 Å². The predicted molar refractivity (Wildman–Crippen MR) is 143 cm³/mol. The van der Waals surface area contributed by atoms with E-state index in [1.807, 2.05) is 6.07 Å². The van der Waals surface area contributed by atoms with Crippen LogP contribution < -0.4 is 15.8 Å². The molecule has 2 amide bonds. The maximum Gasteiger partial charge on any atom is 0.312 e. The zero-order valence-electron chi connectivity index (χ0n) is 20.9. The van der Waals surface area contributed by atoms with Gasteiger partial charge in [-0.05, 0) is 47.5 Å². The van der Waals surface area contributed by atoms with Crippen LogP contribution in [0, 0.1) is 10.1 Å². The number of nitrogens with two attached hydrogens (primary N) is 1. The van der Waals surface area contributed by atoms with Crippen molar-refractivity contribution in [2.45, 2.75) is 0 Å². The summed E-state index contributed by atoms with van der Waals surface area (Å²) in [6, 6.07) is 15.1. The Labute approximate surface area is 222 Å². The molecule has 0 radical (unpaired) electrons. The number of rotatable bonds is 7. The molecule has 0 saturated carbocycles. The number of hydrogen-bond acceptors (Lipinski definition) is 9. The van der Waals surface area contributed by atoms with Gasteiger partial charge in [0.05, 0.1) is 36.3 Å². The van der Waals surface area contributed by atoms with Crippen molar-refractivity contribution < 1.29 is 24.0 Å². The van der Waals surface area contributed by atoms with Gasteiger partial charge in [-0.2, -0.15) is 0 Å². The number of primary amides is 1. The fraction of sp³-hybridized carbons (Fsp3) is 0.185. The van der Waals surface area contributed by atoms with E-state index >= 15 is 0 Å². The summed E-state index contributed by atoms with van der Waals surface area (Å²) in [4.78, 5) is 46.5. The van der Waals surface area contributed by atoms with Crippen LogP contribution in [-0.2, 0) is 4.74 Å². The van der Waals surface area contributed by atoms with E-state index in [9.17, 15) is 19.7 Å². The number of fused-ring (bicyclic) bond motifs is 1. The van der Waals surface area contributed by atoms with Crippen LogP contribution in [0.1, 0.15) is 20.7 Å². The van der Waals surface area contributed by atoms with Crippen LogP contribution >= 0.6 is 0 Å². The Bertz CT molecular complexity index is 1570. The first-order chi connectivity index (χ1) is 18.9. The first kappa shape index (κ1) is 25.5. The average Bonchev–Trinajstić information content (AvgIpc) is 2.96. The van der Waals surface area contributed by atoms with Crippen LogP contribution in [0.4, 0.5) is 17.2 Å². The summed E-state index contributed by atoms with van der Waals surface area (Å²) in [5, 5.41) is 15.6. The van der Waals surface area contributed by atoms with Gasteiger partial charge in [0.15, 0.2) is 0 Å². The second-order valence-corrected chi connectivity index (χ2v) is 8.76. The molecule has 3 aromatic carbocycles. The standard InChI is InChI=1S/C27H24N6O6/c1-38-24-21(25(28)34)13-18(14-23(24)33(36)37)16-5-6-22-20(12-16)26(30-15-29-22)31-19-4-2-3-17(11-19)27(35)32-7-9-39-10-8-32/h2-6,11-15H,7-10H2,1H3,(H2,28,34)(H,29,30,31). The third kappa shape index (κ3) is 5.18. The zero-order valence-corrected chi connectivity index (χ0v) is 20.9. The number of nitro groups is 1. The molecule has 5 rings (SSSR count). The summed E-state index contributed by atoms with van der Waals surface area (Å²) >= 11 is 0. The quantitative estimate of drug-likeness (QED) is 0.270. The fourth-order valence-electron chi connectivity index (χ4n) is 4.46. The smallest absolute Gasteiger partial charge is 0.312 e. The second-order valence-electron chi connectivity index (χ2n) is 8.76. The summed E-state index contributed by atoms with van der Waals surface area (Å²) in [5.74, 6) is -0.664. The highest BCUT2D eigenvalue weighted by Gasteiger charge is 2.24. The van der Waals surface area contributed by atoms with Gasteiger partial charge in [-0.1, -0.05) is 12.1 Å². The maximum atomic E-state index is 12.9. The van der Waals surface area contributed by atoms with Crippen LogP contribution in [0.25, 0.3) is 22.0 Å². The Hall–Kier alpha value is -5.10. The Kier molecular flexibility index (Phi) is 7.02. The van der Waals surface area contributed by atoms with Gasteiger partial charge < -0.3 is 25.4 Å². The number of nitrogens with zero attached hydrogens (tertiary/aromatic N) is 4. The van der Waals surface area contributed by atoms with Crippen molar-refractivity contribution in [3.8, 4) is 16.9 Å². The molecule has 12 nitrogen and oxygen atoms in total. The minimum Gasteiger partial charge on any atom is -0.490 e. The van der Waals surface area contributed by atoms with Gasteiger partial charge in [-0.15, -0.1) is 0 Å². The Morgan fingerprint density at radius 1 is 1.08 bits per heavy atom. The number of nitro benzene ring substituents is 1. The first-order valence-electron chi connectivity index (χ1n) is 12.0. The van der Waals surface area contributed by atoms with Crippen molar-refractivity contribution in [1.29, 1.82) is 0 Å². The van der Waals surface area contributed by atoms with Gasteiger partial charge in [0.2, 0.25) is 5.75 Å². The van der Waals surface area contributed by atoms with Crippen LogP contribution in [0.5, 0.6) is 5.75 Å². The minimum atomic E-state index is -0.852. The van der Waals surface area contributed by atoms with E-state index in [4.69, 9.17) is 15.2 Å². The number of morpholine rings is 1. The van der Waals surface area contributed by atoms with E-state index in [0.29, 0.717) is 65.4 Å². The van der Waals surface area contributed by atoms with Gasteiger partial charge in [0, 0.05) is 35.8 Å². The fourth-order valence-corrected chi connectivity index (χ4v) is 4.46. The van der Waals surface area contributed by atoms with Crippen molar-refractivity contribution in [2.24, 2.45) is 5.73 Å². The largest absolute Gasteiger partial charge is 0.490 e. The molecule has 0 bridgehead atoms. The topological polar surface area (TPSA) is 163 Å². The van der Waals surface area contributed by atoms with E-state index in [1.165, 1.54) is 25.6 Å². The highest BCUT2D eigenvalue weighted by molar-refractivity contribution is 6.00. The SMILES string of the molecule is COc1c(C(N)=O)cc(-c2ccc3ncnc(Nc4cccc(C(=O)N5CCOCC5)c4)c3c2)cc1[N+](=O)[O-]. The average molecular weight is 529 g/mol. The van der Waals surface area contributed by atoms with Crippen molar-refractivity contribution >= 4 is 39.9 Å². The van der Waals surface area contributed by atoms with Crippen molar-refractivity contribution in [2.75, 3.05) is 38.7 Å². The maximum absolute atomic E-state index is 12.9. The normalized spacial score (nSPS) is 13.2. The van der Waals surface area contributed by atoms with Gasteiger partial charge in [0.1, 0.15) is 12.1 Å². The molecule has 1 fully saturated rings. The summed E-state index contributed by atoms with van der Waals surface area (Å²) in [6.07, 6.45) is 1.41. The Morgan fingerprint density at radius 3 is 2.59 bits per heavy atom. The molecule has 1 saturated heterocycles. The molecule has 1 aliphatic heterocycles. The lowest BCUT2D eigenvalue weighted by atomic mass is 9.99. The summed E-state index contributed by atoms with van der Waals surface area (Å²) in [5.41, 5.74) is 7.77. The van der Waals surface area contributed by atoms with Crippen LogP contribution in [0.3, 0.4) is 0 Å². The molecule has 0 unspecified atom stereocenters.